The Bertz CT molecular complexity index is 986. The molecule has 0 spiro atoms. The highest BCUT2D eigenvalue weighted by Gasteiger charge is 2.28. The zero-order valence-electron chi connectivity index (χ0n) is 12.8. The lowest BCUT2D eigenvalue weighted by atomic mass is 10.1. The number of hydrogen-bond donors (Lipinski definition) is 0. The molecule has 0 N–H and O–H groups in total. The second-order valence-electron chi connectivity index (χ2n) is 5.63. The van der Waals surface area contributed by atoms with E-state index in [1.807, 2.05) is 12.1 Å². The van der Waals surface area contributed by atoms with Crippen molar-refractivity contribution in [3.8, 4) is 0 Å². The van der Waals surface area contributed by atoms with Crippen LogP contribution in [0.5, 0.6) is 0 Å². The van der Waals surface area contributed by atoms with Crippen LogP contribution in [0.25, 0.3) is 0 Å². The third-order valence-corrected chi connectivity index (χ3v) is 4.13. The first-order chi connectivity index (χ1) is 12.1. The zero-order chi connectivity index (χ0) is 17.6. The number of carbonyl (C=O) groups excluding carboxylic acids is 1. The predicted molar refractivity (Wildman–Crippen MR) is 82.4 cm³/mol. The summed E-state index contributed by atoms with van der Waals surface area (Å²) in [5, 5.41) is 7.79. The van der Waals surface area contributed by atoms with Crippen molar-refractivity contribution in [2.24, 2.45) is 0 Å². The van der Waals surface area contributed by atoms with E-state index < -0.39 is 28.9 Å². The molecule has 0 saturated heterocycles. The second-order valence-corrected chi connectivity index (χ2v) is 5.63. The molecule has 2 aromatic carbocycles. The topological polar surface area (TPSA) is 51.0 Å². The van der Waals surface area contributed by atoms with Gasteiger partial charge in [0.25, 0.3) is 5.91 Å². The molecule has 1 aliphatic heterocycles. The molecule has 8 heteroatoms. The number of fused-ring (bicyclic) bond motifs is 2. The quantitative estimate of drug-likeness (QED) is 0.638. The normalized spacial score (nSPS) is 13.2. The SMILES string of the molecule is O=C(c1ccc(F)c(F)c1F)N1Cc2cnnn2Cc2ccccc21. The highest BCUT2D eigenvalue weighted by Crippen LogP contribution is 2.29. The van der Waals surface area contributed by atoms with Gasteiger partial charge in [-0.05, 0) is 23.8 Å². The molecular weight excluding hydrogens is 333 g/mol. The van der Waals surface area contributed by atoms with Gasteiger partial charge in [0.15, 0.2) is 17.5 Å². The Morgan fingerprint density at radius 2 is 1.80 bits per heavy atom. The lowest BCUT2D eigenvalue weighted by Gasteiger charge is -2.22. The summed E-state index contributed by atoms with van der Waals surface area (Å²) in [5.41, 5.74) is 1.45. The summed E-state index contributed by atoms with van der Waals surface area (Å²) in [6, 6.07) is 8.76. The third kappa shape index (κ3) is 2.46. The number of benzene rings is 2. The fraction of sp³-hybridized carbons (Fsp3) is 0.118. The van der Waals surface area contributed by atoms with Crippen molar-refractivity contribution in [2.45, 2.75) is 13.1 Å². The van der Waals surface area contributed by atoms with Crippen LogP contribution in [0.1, 0.15) is 21.6 Å². The van der Waals surface area contributed by atoms with Crippen molar-refractivity contribution in [1.29, 1.82) is 0 Å². The van der Waals surface area contributed by atoms with Gasteiger partial charge in [-0.1, -0.05) is 23.4 Å². The maximum Gasteiger partial charge on any atom is 0.261 e. The van der Waals surface area contributed by atoms with Gasteiger partial charge in [0.2, 0.25) is 0 Å². The van der Waals surface area contributed by atoms with Gasteiger partial charge in [-0.3, -0.25) is 4.79 Å². The van der Waals surface area contributed by atoms with Crippen molar-refractivity contribution < 1.29 is 18.0 Å². The van der Waals surface area contributed by atoms with Crippen molar-refractivity contribution in [2.75, 3.05) is 4.90 Å². The minimum atomic E-state index is -1.67. The van der Waals surface area contributed by atoms with Crippen LogP contribution in [0, 0.1) is 17.5 Å². The van der Waals surface area contributed by atoms with Crippen LogP contribution in [0.15, 0.2) is 42.6 Å². The van der Waals surface area contributed by atoms with Crippen molar-refractivity contribution in [1.82, 2.24) is 15.0 Å². The van der Waals surface area contributed by atoms with E-state index in [0.29, 0.717) is 17.9 Å². The molecule has 126 valence electrons. The Balaban J connectivity index is 1.84. The number of amides is 1. The van der Waals surface area contributed by atoms with Crippen molar-refractivity contribution in [3.05, 3.63) is 76.9 Å². The number of anilines is 1. The molecule has 4 rings (SSSR count). The van der Waals surface area contributed by atoms with Gasteiger partial charge in [0, 0.05) is 5.69 Å². The fourth-order valence-electron chi connectivity index (χ4n) is 2.87. The molecule has 0 bridgehead atoms. The van der Waals surface area contributed by atoms with E-state index in [9.17, 15) is 18.0 Å². The molecule has 0 fully saturated rings. The van der Waals surface area contributed by atoms with Gasteiger partial charge in [-0.25, -0.2) is 17.9 Å². The molecule has 1 amide bonds. The molecule has 0 aliphatic carbocycles. The van der Waals surface area contributed by atoms with Gasteiger partial charge >= 0.3 is 0 Å². The maximum absolute atomic E-state index is 14.1. The Kier molecular flexibility index (Phi) is 3.52. The smallest absolute Gasteiger partial charge is 0.261 e. The van der Waals surface area contributed by atoms with E-state index in [0.717, 1.165) is 17.7 Å². The second kappa shape index (κ2) is 5.73. The van der Waals surface area contributed by atoms with E-state index in [4.69, 9.17) is 0 Å². The monoisotopic (exact) mass is 344 g/mol. The van der Waals surface area contributed by atoms with E-state index in [2.05, 4.69) is 10.3 Å². The fourth-order valence-corrected chi connectivity index (χ4v) is 2.87. The molecule has 5 nitrogen and oxygen atoms in total. The Labute approximate surface area is 140 Å². The minimum Gasteiger partial charge on any atom is -0.302 e. The van der Waals surface area contributed by atoms with Crippen LogP contribution in [-0.4, -0.2) is 20.9 Å². The largest absolute Gasteiger partial charge is 0.302 e. The number of hydrogen-bond acceptors (Lipinski definition) is 3. The first-order valence-corrected chi connectivity index (χ1v) is 7.47. The van der Waals surface area contributed by atoms with Gasteiger partial charge in [-0.2, -0.15) is 0 Å². The van der Waals surface area contributed by atoms with E-state index >= 15 is 0 Å². The summed E-state index contributed by atoms with van der Waals surface area (Å²) in [7, 11) is 0. The first-order valence-electron chi connectivity index (χ1n) is 7.47. The number of carbonyl (C=O) groups is 1. The molecular formula is C17H11F3N4O. The van der Waals surface area contributed by atoms with Crippen molar-refractivity contribution in [3.63, 3.8) is 0 Å². The standard InChI is InChI=1S/C17H11F3N4O/c18-13-6-5-12(15(19)16(13)20)17(25)23-9-11-7-21-22-24(11)8-10-3-1-2-4-14(10)23/h1-7H,8-9H2. The first kappa shape index (κ1) is 15.4. The summed E-state index contributed by atoms with van der Waals surface area (Å²) in [5.74, 6) is -5.27. The summed E-state index contributed by atoms with van der Waals surface area (Å²) in [6.45, 7) is 0.483. The summed E-state index contributed by atoms with van der Waals surface area (Å²) in [4.78, 5) is 14.2. The Morgan fingerprint density at radius 3 is 2.64 bits per heavy atom. The molecule has 0 atom stereocenters. The van der Waals surface area contributed by atoms with E-state index in [1.165, 1.54) is 11.1 Å². The van der Waals surface area contributed by atoms with Crippen LogP contribution in [0.2, 0.25) is 0 Å². The van der Waals surface area contributed by atoms with Crippen molar-refractivity contribution >= 4 is 11.6 Å². The lowest BCUT2D eigenvalue weighted by molar-refractivity contribution is 0.0979. The van der Waals surface area contributed by atoms with Crippen LogP contribution in [0.4, 0.5) is 18.9 Å². The molecule has 3 aromatic rings. The Hall–Kier alpha value is -3.16. The average molecular weight is 344 g/mol. The van der Waals surface area contributed by atoms with Gasteiger partial charge in [0.1, 0.15) is 0 Å². The van der Waals surface area contributed by atoms with Gasteiger partial charge in [-0.15, -0.1) is 5.10 Å². The van der Waals surface area contributed by atoms with Crippen LogP contribution >= 0.6 is 0 Å². The molecule has 0 radical (unpaired) electrons. The minimum absolute atomic E-state index is 0.0846. The van der Waals surface area contributed by atoms with Gasteiger partial charge < -0.3 is 4.90 Å². The highest BCUT2D eigenvalue weighted by molar-refractivity contribution is 6.06. The maximum atomic E-state index is 14.1. The molecule has 0 saturated carbocycles. The number of aromatic nitrogens is 3. The molecule has 2 heterocycles. The number of halogens is 3. The number of para-hydroxylation sites is 1. The third-order valence-electron chi connectivity index (χ3n) is 4.13. The van der Waals surface area contributed by atoms with E-state index in [-0.39, 0.29) is 6.54 Å². The summed E-state index contributed by atoms with van der Waals surface area (Å²) < 4.78 is 42.4. The molecule has 1 aliphatic rings. The van der Waals surface area contributed by atoms with Crippen LogP contribution < -0.4 is 4.90 Å². The van der Waals surface area contributed by atoms with Gasteiger partial charge in [0.05, 0.1) is 30.5 Å². The predicted octanol–water partition coefficient (Wildman–Crippen LogP) is 2.90. The number of rotatable bonds is 1. The number of nitrogens with zero attached hydrogens (tertiary/aromatic N) is 4. The molecule has 1 aromatic heterocycles. The van der Waals surface area contributed by atoms with E-state index in [1.54, 1.807) is 16.8 Å². The highest BCUT2D eigenvalue weighted by atomic mass is 19.2. The summed E-state index contributed by atoms with van der Waals surface area (Å²) >= 11 is 0. The average Bonchev–Trinajstić information content (AvgIpc) is 2.98. The summed E-state index contributed by atoms with van der Waals surface area (Å²) in [6.07, 6.45) is 1.51. The lowest BCUT2D eigenvalue weighted by Crippen LogP contribution is -2.31. The van der Waals surface area contributed by atoms with Crippen LogP contribution in [0.3, 0.4) is 0 Å². The van der Waals surface area contributed by atoms with Crippen LogP contribution in [-0.2, 0) is 13.1 Å². The molecule has 0 unspecified atom stereocenters. The zero-order valence-corrected chi connectivity index (χ0v) is 12.8. The Morgan fingerprint density at radius 1 is 1.00 bits per heavy atom. The molecule has 25 heavy (non-hydrogen) atoms.